The topological polar surface area (TPSA) is 44.1 Å². The number of halogens is 1. The molecule has 0 saturated carbocycles. The summed E-state index contributed by atoms with van der Waals surface area (Å²) in [7, 11) is 1.79. The summed E-state index contributed by atoms with van der Waals surface area (Å²) >= 11 is 3.44. The monoisotopic (exact) mass is 272 g/mol. The van der Waals surface area contributed by atoms with Crippen LogP contribution >= 0.6 is 15.9 Å². The largest absolute Gasteiger partial charge is 0.381 e. The van der Waals surface area contributed by atoms with E-state index in [2.05, 4.69) is 21.0 Å². The fourth-order valence-corrected chi connectivity index (χ4v) is 2.65. The summed E-state index contributed by atoms with van der Waals surface area (Å²) in [6.07, 6.45) is 2.79. The molecule has 1 saturated heterocycles. The van der Waals surface area contributed by atoms with Gasteiger partial charge in [0.1, 0.15) is 5.69 Å². The van der Waals surface area contributed by atoms with Crippen molar-refractivity contribution in [1.82, 2.24) is 9.78 Å². The molecule has 15 heavy (non-hydrogen) atoms. The normalized spacial score (nSPS) is 18.0. The second kappa shape index (κ2) is 4.45. The molecule has 0 atom stereocenters. The van der Waals surface area contributed by atoms with Gasteiger partial charge in [0.05, 0.1) is 10.2 Å². The molecule has 1 aromatic heterocycles. The predicted molar refractivity (Wildman–Crippen MR) is 59.1 cm³/mol. The second-order valence-electron chi connectivity index (χ2n) is 3.71. The van der Waals surface area contributed by atoms with Crippen molar-refractivity contribution in [2.24, 2.45) is 7.05 Å². The van der Waals surface area contributed by atoms with Gasteiger partial charge in [0.2, 0.25) is 0 Å². The van der Waals surface area contributed by atoms with Gasteiger partial charge in [0.15, 0.2) is 6.29 Å². The van der Waals surface area contributed by atoms with Crippen LogP contribution in [0.15, 0.2) is 4.47 Å². The Morgan fingerprint density at radius 1 is 1.53 bits per heavy atom. The lowest BCUT2D eigenvalue weighted by Crippen LogP contribution is -2.15. The van der Waals surface area contributed by atoms with Gasteiger partial charge in [0, 0.05) is 26.2 Å². The van der Waals surface area contributed by atoms with E-state index in [0.717, 1.165) is 42.5 Å². The minimum absolute atomic E-state index is 0.410. The Morgan fingerprint density at radius 3 is 2.73 bits per heavy atom. The lowest BCUT2D eigenvalue weighted by atomic mass is 9.96. The quantitative estimate of drug-likeness (QED) is 0.773. The van der Waals surface area contributed by atoms with Crippen molar-refractivity contribution in [3.63, 3.8) is 0 Å². The number of aromatic nitrogens is 2. The van der Waals surface area contributed by atoms with Crippen LogP contribution in [0.1, 0.15) is 34.9 Å². The van der Waals surface area contributed by atoms with Gasteiger partial charge in [-0.25, -0.2) is 0 Å². The molecule has 0 radical (unpaired) electrons. The number of carbonyl (C=O) groups excluding carboxylic acids is 1. The molecule has 2 rings (SSSR count). The van der Waals surface area contributed by atoms with Crippen molar-refractivity contribution >= 4 is 22.2 Å². The molecule has 0 spiro atoms. The predicted octanol–water partition coefficient (Wildman–Crippen LogP) is 1.89. The first-order valence-electron chi connectivity index (χ1n) is 4.99. The number of rotatable bonds is 2. The number of ether oxygens (including phenoxy) is 1. The van der Waals surface area contributed by atoms with Crippen molar-refractivity contribution in [1.29, 1.82) is 0 Å². The molecule has 82 valence electrons. The fourth-order valence-electron chi connectivity index (χ4n) is 1.89. The van der Waals surface area contributed by atoms with Gasteiger partial charge in [-0.3, -0.25) is 9.48 Å². The van der Waals surface area contributed by atoms with E-state index in [0.29, 0.717) is 11.6 Å². The highest BCUT2D eigenvalue weighted by molar-refractivity contribution is 9.10. The van der Waals surface area contributed by atoms with E-state index in [1.165, 1.54) is 0 Å². The molecule has 1 aromatic rings. The summed E-state index contributed by atoms with van der Waals surface area (Å²) in [5.41, 5.74) is 1.60. The second-order valence-corrected chi connectivity index (χ2v) is 4.51. The van der Waals surface area contributed by atoms with Crippen LogP contribution in [0, 0.1) is 0 Å². The molecule has 1 aliphatic rings. The summed E-state index contributed by atoms with van der Waals surface area (Å²) in [5, 5.41) is 4.39. The van der Waals surface area contributed by atoms with E-state index in [1.54, 1.807) is 11.7 Å². The average molecular weight is 273 g/mol. The SMILES string of the molecule is Cn1nc(C2CCOCC2)c(Br)c1C=O. The molecule has 0 bridgehead atoms. The minimum atomic E-state index is 0.410. The Bertz CT molecular complexity index is 370. The van der Waals surface area contributed by atoms with Crippen molar-refractivity contribution in [2.75, 3.05) is 13.2 Å². The molecular formula is C10H13BrN2O2. The number of carbonyl (C=O) groups is 1. The lowest BCUT2D eigenvalue weighted by molar-refractivity contribution is 0.0842. The summed E-state index contributed by atoms with van der Waals surface area (Å²) in [4.78, 5) is 10.8. The standard InChI is InChI=1S/C10H13BrN2O2/c1-13-8(6-14)9(11)10(12-13)7-2-4-15-5-3-7/h6-7H,2-5H2,1H3. The molecule has 1 aliphatic heterocycles. The maximum atomic E-state index is 10.8. The van der Waals surface area contributed by atoms with Gasteiger partial charge in [0.25, 0.3) is 0 Å². The van der Waals surface area contributed by atoms with E-state index < -0.39 is 0 Å². The number of hydrogen-bond donors (Lipinski definition) is 0. The van der Waals surface area contributed by atoms with Crippen molar-refractivity contribution in [3.8, 4) is 0 Å². The van der Waals surface area contributed by atoms with Crippen molar-refractivity contribution < 1.29 is 9.53 Å². The van der Waals surface area contributed by atoms with Crippen molar-refractivity contribution in [2.45, 2.75) is 18.8 Å². The Hall–Kier alpha value is -0.680. The Balaban J connectivity index is 2.31. The van der Waals surface area contributed by atoms with E-state index in [4.69, 9.17) is 4.74 Å². The van der Waals surface area contributed by atoms with Crippen LogP contribution in [-0.2, 0) is 11.8 Å². The van der Waals surface area contributed by atoms with Crippen LogP contribution < -0.4 is 0 Å². The smallest absolute Gasteiger partial charge is 0.169 e. The third-order valence-corrected chi connectivity index (χ3v) is 3.59. The number of hydrogen-bond acceptors (Lipinski definition) is 3. The number of aldehydes is 1. The highest BCUT2D eigenvalue weighted by Gasteiger charge is 2.23. The zero-order chi connectivity index (χ0) is 10.8. The van der Waals surface area contributed by atoms with E-state index in [9.17, 15) is 4.79 Å². The minimum Gasteiger partial charge on any atom is -0.381 e. The van der Waals surface area contributed by atoms with Crippen LogP contribution in [-0.4, -0.2) is 29.3 Å². The van der Waals surface area contributed by atoms with Crippen LogP contribution in [0.3, 0.4) is 0 Å². The first kappa shape index (κ1) is 10.8. The van der Waals surface area contributed by atoms with E-state index in [1.807, 2.05) is 0 Å². The van der Waals surface area contributed by atoms with Crippen molar-refractivity contribution in [3.05, 3.63) is 15.9 Å². The maximum absolute atomic E-state index is 10.8. The van der Waals surface area contributed by atoms with E-state index >= 15 is 0 Å². The summed E-state index contributed by atoms with van der Waals surface area (Å²) in [6, 6.07) is 0. The van der Waals surface area contributed by atoms with Gasteiger partial charge in [-0.1, -0.05) is 0 Å². The van der Waals surface area contributed by atoms with Crippen LogP contribution in [0.2, 0.25) is 0 Å². The molecule has 0 amide bonds. The summed E-state index contributed by atoms with van der Waals surface area (Å²) < 4.78 is 7.77. The summed E-state index contributed by atoms with van der Waals surface area (Å²) in [5.74, 6) is 0.410. The lowest BCUT2D eigenvalue weighted by Gasteiger charge is -2.20. The average Bonchev–Trinajstić information content (AvgIpc) is 2.55. The maximum Gasteiger partial charge on any atom is 0.169 e. The number of aryl methyl sites for hydroxylation is 1. The first-order chi connectivity index (χ1) is 7.24. The van der Waals surface area contributed by atoms with Crippen LogP contribution in [0.4, 0.5) is 0 Å². The summed E-state index contributed by atoms with van der Waals surface area (Å²) in [6.45, 7) is 1.56. The Morgan fingerprint density at radius 2 is 2.20 bits per heavy atom. The number of nitrogens with zero attached hydrogens (tertiary/aromatic N) is 2. The van der Waals surface area contributed by atoms with Gasteiger partial charge in [-0.05, 0) is 28.8 Å². The van der Waals surface area contributed by atoms with Gasteiger partial charge in [-0.2, -0.15) is 5.10 Å². The first-order valence-corrected chi connectivity index (χ1v) is 5.78. The Labute approximate surface area is 96.7 Å². The molecule has 0 aromatic carbocycles. The van der Waals surface area contributed by atoms with E-state index in [-0.39, 0.29) is 0 Å². The van der Waals surface area contributed by atoms with Crippen LogP contribution in [0.25, 0.3) is 0 Å². The molecule has 0 unspecified atom stereocenters. The van der Waals surface area contributed by atoms with Gasteiger partial charge >= 0.3 is 0 Å². The molecule has 1 fully saturated rings. The molecular weight excluding hydrogens is 260 g/mol. The Kier molecular flexibility index (Phi) is 3.21. The molecule has 0 aliphatic carbocycles. The third-order valence-electron chi connectivity index (χ3n) is 2.78. The molecule has 2 heterocycles. The molecule has 4 nitrogen and oxygen atoms in total. The van der Waals surface area contributed by atoms with Gasteiger partial charge in [-0.15, -0.1) is 0 Å². The third kappa shape index (κ3) is 1.99. The highest BCUT2D eigenvalue weighted by atomic mass is 79.9. The zero-order valence-electron chi connectivity index (χ0n) is 8.57. The molecule has 0 N–H and O–H groups in total. The van der Waals surface area contributed by atoms with Crippen LogP contribution in [0.5, 0.6) is 0 Å². The molecule has 5 heteroatoms. The fraction of sp³-hybridized carbons (Fsp3) is 0.600. The zero-order valence-corrected chi connectivity index (χ0v) is 10.2. The van der Waals surface area contributed by atoms with Gasteiger partial charge < -0.3 is 4.74 Å². The highest BCUT2D eigenvalue weighted by Crippen LogP contribution is 2.32.